The topological polar surface area (TPSA) is 81.3 Å². The van der Waals surface area contributed by atoms with Gasteiger partial charge in [-0.2, -0.15) is 5.10 Å². The van der Waals surface area contributed by atoms with Crippen molar-refractivity contribution in [1.29, 1.82) is 0 Å². The monoisotopic (exact) mass is 483 g/mol. The molecule has 1 atom stereocenters. The van der Waals surface area contributed by atoms with E-state index in [4.69, 9.17) is 4.99 Å². The zero-order valence-electron chi connectivity index (χ0n) is 19.9. The van der Waals surface area contributed by atoms with Gasteiger partial charge in [-0.25, -0.2) is 4.99 Å². The zero-order valence-corrected chi connectivity index (χ0v) is 20.8. The fourth-order valence-electron chi connectivity index (χ4n) is 4.26. The van der Waals surface area contributed by atoms with Gasteiger partial charge in [0.25, 0.3) is 11.5 Å². The van der Waals surface area contributed by atoms with Crippen molar-refractivity contribution in [3.8, 4) is 0 Å². The minimum absolute atomic E-state index is 0.181. The Morgan fingerprint density at radius 1 is 1.06 bits per heavy atom. The fraction of sp³-hybridized carbons (Fsp3) is 0.185. The van der Waals surface area contributed by atoms with Crippen LogP contribution in [0, 0.1) is 13.8 Å². The van der Waals surface area contributed by atoms with Crippen molar-refractivity contribution in [3.63, 3.8) is 0 Å². The van der Waals surface area contributed by atoms with Gasteiger partial charge in [0.1, 0.15) is 0 Å². The maximum absolute atomic E-state index is 13.7. The molecule has 7 nitrogen and oxygen atoms in total. The third kappa shape index (κ3) is 4.06. The van der Waals surface area contributed by atoms with Gasteiger partial charge in [-0.05, 0) is 44.0 Å². The molecule has 0 saturated carbocycles. The number of carbonyl (C=O) groups is 1. The summed E-state index contributed by atoms with van der Waals surface area (Å²) in [6.07, 6.45) is 3.59. The predicted octanol–water partition coefficient (Wildman–Crippen LogP) is 3.22. The molecule has 176 valence electrons. The lowest BCUT2D eigenvalue weighted by Gasteiger charge is -2.25. The Labute approximate surface area is 206 Å². The molecule has 0 spiro atoms. The number of hydrogen-bond donors (Lipinski definition) is 1. The number of anilines is 1. The summed E-state index contributed by atoms with van der Waals surface area (Å²) >= 11 is 1.32. The van der Waals surface area contributed by atoms with Gasteiger partial charge in [-0.15, -0.1) is 0 Å². The third-order valence-electron chi connectivity index (χ3n) is 6.33. The van der Waals surface area contributed by atoms with Gasteiger partial charge in [0.15, 0.2) is 4.80 Å². The Kier molecular flexibility index (Phi) is 5.82. The zero-order chi connectivity index (χ0) is 24.7. The lowest BCUT2D eigenvalue weighted by atomic mass is 9.95. The van der Waals surface area contributed by atoms with E-state index in [1.165, 1.54) is 11.3 Å². The Balaban J connectivity index is 1.68. The van der Waals surface area contributed by atoms with Crippen molar-refractivity contribution in [2.24, 2.45) is 12.0 Å². The molecule has 1 aliphatic rings. The summed E-state index contributed by atoms with van der Waals surface area (Å²) in [6.45, 7) is 5.73. The minimum Gasteiger partial charge on any atom is -0.322 e. The maximum atomic E-state index is 13.7. The second kappa shape index (κ2) is 8.96. The van der Waals surface area contributed by atoms with E-state index in [1.54, 1.807) is 15.4 Å². The highest BCUT2D eigenvalue weighted by Crippen LogP contribution is 2.31. The van der Waals surface area contributed by atoms with Gasteiger partial charge in [0.2, 0.25) is 0 Å². The SMILES string of the molecule is CC1=C(C(=O)Nc2ccccc2C)[C@@H](c2ccccc2)n2c(s/c(=C/c3cnn(C)c3C)c2=O)=N1. The number of fused-ring (bicyclic) bond motifs is 1. The van der Waals surface area contributed by atoms with Crippen LogP contribution in [-0.4, -0.2) is 20.3 Å². The largest absolute Gasteiger partial charge is 0.322 e. The molecule has 1 N–H and O–H groups in total. The summed E-state index contributed by atoms with van der Waals surface area (Å²) in [6, 6.07) is 16.7. The van der Waals surface area contributed by atoms with E-state index in [0.29, 0.717) is 20.6 Å². The molecule has 2 aromatic heterocycles. The molecule has 2 aromatic carbocycles. The Bertz CT molecular complexity index is 1660. The van der Waals surface area contributed by atoms with Crippen molar-refractivity contribution < 1.29 is 4.79 Å². The number of benzene rings is 2. The number of aromatic nitrogens is 3. The van der Waals surface area contributed by atoms with E-state index in [2.05, 4.69) is 10.4 Å². The highest BCUT2D eigenvalue weighted by atomic mass is 32.1. The first-order chi connectivity index (χ1) is 16.8. The number of nitrogens with zero attached hydrogens (tertiary/aromatic N) is 4. The summed E-state index contributed by atoms with van der Waals surface area (Å²) in [5.74, 6) is -0.271. The second-order valence-corrected chi connectivity index (χ2v) is 9.58. The number of nitrogens with one attached hydrogen (secondary N) is 1. The van der Waals surface area contributed by atoms with Crippen LogP contribution >= 0.6 is 11.3 Å². The lowest BCUT2D eigenvalue weighted by Crippen LogP contribution is -2.40. The van der Waals surface area contributed by atoms with E-state index in [9.17, 15) is 9.59 Å². The van der Waals surface area contributed by atoms with Crippen LogP contribution in [0.15, 0.2) is 81.9 Å². The van der Waals surface area contributed by atoms with Crippen molar-refractivity contribution in [2.75, 3.05) is 5.32 Å². The van der Waals surface area contributed by atoms with Crippen molar-refractivity contribution in [2.45, 2.75) is 26.8 Å². The summed E-state index contributed by atoms with van der Waals surface area (Å²) in [4.78, 5) is 32.6. The molecule has 0 aliphatic carbocycles. The predicted molar refractivity (Wildman–Crippen MR) is 138 cm³/mol. The Morgan fingerprint density at radius 3 is 2.46 bits per heavy atom. The Hall–Kier alpha value is -4.04. The lowest BCUT2D eigenvalue weighted by molar-refractivity contribution is -0.113. The summed E-state index contributed by atoms with van der Waals surface area (Å²) < 4.78 is 3.96. The maximum Gasteiger partial charge on any atom is 0.271 e. The molecule has 0 saturated heterocycles. The van der Waals surface area contributed by atoms with Crippen LogP contribution in [0.2, 0.25) is 0 Å². The van der Waals surface area contributed by atoms with E-state index < -0.39 is 6.04 Å². The van der Waals surface area contributed by atoms with Crippen molar-refractivity contribution >= 4 is 29.0 Å². The van der Waals surface area contributed by atoms with E-state index >= 15 is 0 Å². The summed E-state index contributed by atoms with van der Waals surface area (Å²) in [5.41, 5.74) is 5.24. The number of rotatable bonds is 4. The normalized spacial score (nSPS) is 15.7. The van der Waals surface area contributed by atoms with Crippen LogP contribution in [0.4, 0.5) is 5.69 Å². The average Bonchev–Trinajstić information content (AvgIpc) is 3.33. The molecule has 4 aromatic rings. The molecule has 0 fully saturated rings. The number of amides is 1. The first-order valence-corrected chi connectivity index (χ1v) is 12.1. The highest BCUT2D eigenvalue weighted by molar-refractivity contribution is 7.07. The van der Waals surface area contributed by atoms with Crippen LogP contribution in [0.3, 0.4) is 0 Å². The van der Waals surface area contributed by atoms with Gasteiger partial charge in [0.05, 0.1) is 28.0 Å². The van der Waals surface area contributed by atoms with Crippen LogP contribution in [0.5, 0.6) is 0 Å². The number of allylic oxidation sites excluding steroid dienone is 1. The molecule has 3 heterocycles. The molecule has 0 unspecified atom stereocenters. The minimum atomic E-state index is -0.589. The number of para-hydroxylation sites is 1. The first kappa shape index (κ1) is 22.7. The van der Waals surface area contributed by atoms with Gasteiger partial charge >= 0.3 is 0 Å². The number of aryl methyl sites for hydroxylation is 2. The molecule has 5 rings (SSSR count). The van der Waals surface area contributed by atoms with E-state index in [1.807, 2.05) is 88.5 Å². The quantitative estimate of drug-likeness (QED) is 0.484. The summed E-state index contributed by atoms with van der Waals surface area (Å²) in [5, 5.41) is 7.31. The molecule has 1 amide bonds. The molecular weight excluding hydrogens is 458 g/mol. The second-order valence-electron chi connectivity index (χ2n) is 8.57. The molecule has 1 aliphatic heterocycles. The van der Waals surface area contributed by atoms with Gasteiger partial charge in [0, 0.05) is 24.0 Å². The van der Waals surface area contributed by atoms with Crippen molar-refractivity contribution in [3.05, 3.63) is 114 Å². The average molecular weight is 484 g/mol. The van der Waals surface area contributed by atoms with Crippen molar-refractivity contribution in [1.82, 2.24) is 14.3 Å². The number of hydrogen-bond acceptors (Lipinski definition) is 5. The van der Waals surface area contributed by atoms with Crippen LogP contribution < -0.4 is 20.2 Å². The van der Waals surface area contributed by atoms with Gasteiger partial charge in [-0.1, -0.05) is 59.9 Å². The number of thiazole rings is 1. The number of carbonyl (C=O) groups excluding carboxylic acids is 1. The highest BCUT2D eigenvalue weighted by Gasteiger charge is 2.32. The van der Waals surface area contributed by atoms with Crippen LogP contribution in [0.1, 0.15) is 35.3 Å². The third-order valence-corrected chi connectivity index (χ3v) is 7.32. The summed E-state index contributed by atoms with van der Waals surface area (Å²) in [7, 11) is 1.87. The van der Waals surface area contributed by atoms with Gasteiger partial charge in [-0.3, -0.25) is 18.8 Å². The molecule has 8 heteroatoms. The molecule has 0 radical (unpaired) electrons. The fourth-order valence-corrected chi connectivity index (χ4v) is 5.30. The Morgan fingerprint density at radius 2 is 1.77 bits per heavy atom. The van der Waals surface area contributed by atoms with E-state index in [-0.39, 0.29) is 11.5 Å². The van der Waals surface area contributed by atoms with Crippen LogP contribution in [0.25, 0.3) is 6.08 Å². The molecular formula is C27H25N5O2S. The standard InChI is InChI=1S/C27H25N5O2S/c1-16-10-8-9-13-21(16)30-25(33)23-17(2)29-27-32(24(23)19-11-6-5-7-12-19)26(34)22(35-27)14-20-15-28-31(4)18(20)3/h5-15,24H,1-4H3,(H,30,33)/b22-14+/t24-/m1/s1. The molecule has 35 heavy (non-hydrogen) atoms. The van der Waals surface area contributed by atoms with E-state index in [0.717, 1.165) is 28.1 Å². The van der Waals surface area contributed by atoms with Crippen LogP contribution in [-0.2, 0) is 11.8 Å². The smallest absolute Gasteiger partial charge is 0.271 e. The van der Waals surface area contributed by atoms with Gasteiger partial charge < -0.3 is 5.32 Å². The first-order valence-electron chi connectivity index (χ1n) is 11.3. The molecule has 0 bridgehead atoms.